The van der Waals surface area contributed by atoms with E-state index < -0.39 is 0 Å². The molecule has 0 saturated carbocycles. The van der Waals surface area contributed by atoms with Crippen molar-refractivity contribution in [3.05, 3.63) is 24.3 Å². The normalized spacial score (nSPS) is 10.0. The van der Waals surface area contributed by atoms with Crippen molar-refractivity contribution in [1.29, 1.82) is 0 Å². The molecule has 2 heteroatoms. The van der Waals surface area contributed by atoms with E-state index in [1.807, 2.05) is 26.0 Å². The van der Waals surface area contributed by atoms with Crippen LogP contribution in [0.3, 0.4) is 0 Å². The second-order valence-electron chi connectivity index (χ2n) is 2.29. The van der Waals surface area contributed by atoms with Crippen LogP contribution in [0, 0.1) is 0 Å². The Kier molecular flexibility index (Phi) is 5.17. The van der Waals surface area contributed by atoms with Gasteiger partial charge in [-0.15, -0.1) is 0 Å². The smallest absolute Gasteiger partial charge is 0.219 e. The first-order valence-electron chi connectivity index (χ1n) is 3.77. The van der Waals surface area contributed by atoms with Crippen LogP contribution in [-0.4, -0.2) is 12.5 Å². The molecule has 1 N–H and O–H groups in total. The van der Waals surface area contributed by atoms with E-state index >= 15 is 0 Å². The molecule has 0 saturated heterocycles. The van der Waals surface area contributed by atoms with E-state index in [1.54, 1.807) is 0 Å². The molecule has 0 aromatic heterocycles. The van der Waals surface area contributed by atoms with Crippen LogP contribution in [0.4, 0.5) is 0 Å². The molecule has 11 heavy (non-hydrogen) atoms. The molecule has 0 aromatic carbocycles. The molecule has 0 rings (SSSR count). The number of nitrogens with one attached hydrogen (secondary N) is 1. The highest BCUT2D eigenvalue weighted by molar-refractivity contribution is 5.75. The van der Waals surface area contributed by atoms with Crippen LogP contribution in [0.2, 0.25) is 0 Å². The van der Waals surface area contributed by atoms with Gasteiger partial charge >= 0.3 is 0 Å². The predicted molar refractivity (Wildman–Crippen MR) is 47.3 cm³/mol. The monoisotopic (exact) mass is 153 g/mol. The van der Waals surface area contributed by atoms with Crippen molar-refractivity contribution in [2.45, 2.75) is 20.3 Å². The first-order chi connectivity index (χ1) is 5.20. The summed E-state index contributed by atoms with van der Waals surface area (Å²) in [5.74, 6) is 0.0654. The maximum Gasteiger partial charge on any atom is 0.219 e. The molecule has 0 heterocycles. The summed E-state index contributed by atoms with van der Waals surface area (Å²) < 4.78 is 0. The number of amides is 1. The first-order valence-corrected chi connectivity index (χ1v) is 3.77. The Balaban J connectivity index is 3.54. The lowest BCUT2D eigenvalue weighted by atomic mass is 10.3. The average Bonchev–Trinajstić information content (AvgIpc) is 2.01. The van der Waals surface area contributed by atoms with Gasteiger partial charge in [0.15, 0.2) is 0 Å². The zero-order valence-electron chi connectivity index (χ0n) is 7.18. The molecular weight excluding hydrogens is 138 g/mol. The summed E-state index contributed by atoms with van der Waals surface area (Å²) in [5.41, 5.74) is 0.925. The Morgan fingerprint density at radius 1 is 1.64 bits per heavy atom. The molecule has 0 aromatic rings. The molecule has 0 spiro atoms. The van der Waals surface area contributed by atoms with Crippen LogP contribution in [0.5, 0.6) is 0 Å². The first kappa shape index (κ1) is 9.95. The second kappa shape index (κ2) is 5.71. The lowest BCUT2D eigenvalue weighted by Crippen LogP contribution is -2.23. The zero-order chi connectivity index (χ0) is 8.69. The highest BCUT2D eigenvalue weighted by Crippen LogP contribution is 1.89. The fourth-order valence-corrected chi connectivity index (χ4v) is 0.632. The van der Waals surface area contributed by atoms with Crippen molar-refractivity contribution in [3.63, 3.8) is 0 Å². The fourth-order valence-electron chi connectivity index (χ4n) is 0.632. The van der Waals surface area contributed by atoms with Gasteiger partial charge in [-0.2, -0.15) is 0 Å². The molecule has 62 valence electrons. The van der Waals surface area contributed by atoms with E-state index in [0.717, 1.165) is 5.57 Å². The molecule has 2 nitrogen and oxygen atoms in total. The molecule has 1 amide bonds. The minimum absolute atomic E-state index is 0.0654. The van der Waals surface area contributed by atoms with Crippen LogP contribution in [-0.2, 0) is 4.79 Å². The molecule has 0 aliphatic carbocycles. The van der Waals surface area contributed by atoms with Gasteiger partial charge in [-0.05, 0) is 12.5 Å². The predicted octanol–water partition coefficient (Wildman–Crippen LogP) is 1.64. The molecule has 0 bridgehead atoms. The largest absolute Gasteiger partial charge is 0.352 e. The van der Waals surface area contributed by atoms with Crippen molar-refractivity contribution in [2.24, 2.45) is 0 Å². The van der Waals surface area contributed by atoms with Gasteiger partial charge in [0, 0.05) is 13.0 Å². The maximum absolute atomic E-state index is 10.7. The molecule has 0 radical (unpaired) electrons. The van der Waals surface area contributed by atoms with Gasteiger partial charge in [0.05, 0.1) is 0 Å². The summed E-state index contributed by atoms with van der Waals surface area (Å²) in [6.45, 7) is 8.05. The standard InChI is InChI=1S/C9H15NO/c1-4-6-8(3)7-10-9(11)5-2/h4,6H,3,5,7H2,1-2H3,(H,10,11)/b6-4-. The summed E-state index contributed by atoms with van der Waals surface area (Å²) >= 11 is 0. The van der Waals surface area contributed by atoms with Crippen molar-refractivity contribution in [1.82, 2.24) is 5.32 Å². The van der Waals surface area contributed by atoms with Gasteiger partial charge < -0.3 is 5.32 Å². The van der Waals surface area contributed by atoms with Gasteiger partial charge in [-0.25, -0.2) is 0 Å². The number of carbonyl (C=O) groups is 1. The van der Waals surface area contributed by atoms with Crippen LogP contribution in [0.25, 0.3) is 0 Å². The summed E-state index contributed by atoms with van der Waals surface area (Å²) in [4.78, 5) is 10.7. The van der Waals surface area contributed by atoms with E-state index in [4.69, 9.17) is 0 Å². The van der Waals surface area contributed by atoms with Crippen molar-refractivity contribution >= 4 is 5.91 Å². The molecular formula is C9H15NO. The number of carbonyl (C=O) groups excluding carboxylic acids is 1. The number of hydrogen-bond acceptors (Lipinski definition) is 1. The Bertz CT molecular complexity index is 170. The topological polar surface area (TPSA) is 29.1 Å². The highest BCUT2D eigenvalue weighted by Gasteiger charge is 1.94. The van der Waals surface area contributed by atoms with E-state index in [9.17, 15) is 4.79 Å². The van der Waals surface area contributed by atoms with Crippen LogP contribution < -0.4 is 5.32 Å². The summed E-state index contributed by atoms with van der Waals surface area (Å²) in [6, 6.07) is 0. The highest BCUT2D eigenvalue weighted by atomic mass is 16.1. The maximum atomic E-state index is 10.7. The minimum atomic E-state index is 0.0654. The number of rotatable bonds is 4. The Labute approximate surface area is 68.0 Å². The molecule has 0 aliphatic heterocycles. The van der Waals surface area contributed by atoms with Gasteiger partial charge in [0.1, 0.15) is 0 Å². The van der Waals surface area contributed by atoms with E-state index in [1.165, 1.54) is 0 Å². The van der Waals surface area contributed by atoms with Crippen molar-refractivity contribution in [3.8, 4) is 0 Å². The van der Waals surface area contributed by atoms with Gasteiger partial charge in [-0.1, -0.05) is 25.7 Å². The Morgan fingerprint density at radius 2 is 2.27 bits per heavy atom. The minimum Gasteiger partial charge on any atom is -0.352 e. The fraction of sp³-hybridized carbons (Fsp3) is 0.444. The average molecular weight is 153 g/mol. The molecule has 0 unspecified atom stereocenters. The van der Waals surface area contributed by atoms with Crippen LogP contribution in [0.1, 0.15) is 20.3 Å². The SMILES string of the molecule is C=C(/C=C\C)CNC(=O)CC. The van der Waals surface area contributed by atoms with E-state index in [0.29, 0.717) is 13.0 Å². The lowest BCUT2D eigenvalue weighted by Gasteiger charge is -2.01. The van der Waals surface area contributed by atoms with E-state index in [2.05, 4.69) is 11.9 Å². The van der Waals surface area contributed by atoms with Crippen LogP contribution in [0.15, 0.2) is 24.3 Å². The summed E-state index contributed by atoms with van der Waals surface area (Å²) in [5, 5.41) is 2.73. The Hall–Kier alpha value is -1.05. The summed E-state index contributed by atoms with van der Waals surface area (Å²) in [7, 11) is 0. The van der Waals surface area contributed by atoms with Gasteiger partial charge in [0.25, 0.3) is 0 Å². The second-order valence-corrected chi connectivity index (χ2v) is 2.29. The third-order valence-electron chi connectivity index (χ3n) is 1.24. The summed E-state index contributed by atoms with van der Waals surface area (Å²) in [6.07, 6.45) is 4.32. The Morgan fingerprint density at radius 3 is 2.73 bits per heavy atom. The third-order valence-corrected chi connectivity index (χ3v) is 1.24. The molecule has 0 atom stereocenters. The molecule has 0 aliphatic rings. The lowest BCUT2D eigenvalue weighted by molar-refractivity contribution is -0.120. The quantitative estimate of drug-likeness (QED) is 0.611. The number of hydrogen-bond donors (Lipinski definition) is 1. The number of allylic oxidation sites excluding steroid dienone is 1. The van der Waals surface area contributed by atoms with Gasteiger partial charge in [-0.3, -0.25) is 4.79 Å². The third kappa shape index (κ3) is 5.40. The van der Waals surface area contributed by atoms with E-state index in [-0.39, 0.29) is 5.91 Å². The van der Waals surface area contributed by atoms with Crippen molar-refractivity contribution < 1.29 is 4.79 Å². The van der Waals surface area contributed by atoms with Crippen molar-refractivity contribution in [2.75, 3.05) is 6.54 Å². The zero-order valence-corrected chi connectivity index (χ0v) is 7.18. The van der Waals surface area contributed by atoms with Crippen LogP contribution >= 0.6 is 0 Å². The van der Waals surface area contributed by atoms with Gasteiger partial charge in [0.2, 0.25) is 5.91 Å². The molecule has 0 fully saturated rings.